The van der Waals surface area contributed by atoms with Crippen LogP contribution in [0.15, 0.2) is 200 Å². The second-order valence-electron chi connectivity index (χ2n) is 18.0. The molecule has 0 amide bonds. The molecule has 0 spiro atoms. The highest BCUT2D eigenvalue weighted by Gasteiger charge is 2.35. The van der Waals surface area contributed by atoms with Crippen LogP contribution in [0.5, 0.6) is 0 Å². The maximum atomic E-state index is 2.53. The quantitative estimate of drug-likeness (QED) is 0.157. The molecule has 13 aromatic rings. The third-order valence-corrected chi connectivity index (χ3v) is 15.5. The van der Waals surface area contributed by atoms with Crippen molar-refractivity contribution >= 4 is 96.4 Å². The predicted molar refractivity (Wildman–Crippen MR) is 272 cm³/mol. The summed E-state index contributed by atoms with van der Waals surface area (Å²) in [6, 6.07) is 75.4. The van der Waals surface area contributed by atoms with Gasteiger partial charge in [0.05, 0.1) is 11.0 Å². The molecule has 0 bridgehead atoms. The topological polar surface area (TPSA) is 4.93 Å². The molecular formula is C61H39NS. The first-order valence-corrected chi connectivity index (χ1v) is 22.8. The van der Waals surface area contributed by atoms with Gasteiger partial charge in [0.2, 0.25) is 0 Å². The Balaban J connectivity index is 0.980. The van der Waals surface area contributed by atoms with E-state index in [1.165, 1.54) is 135 Å². The van der Waals surface area contributed by atoms with Gasteiger partial charge in [-0.2, -0.15) is 0 Å². The fraction of sp³-hybridized carbons (Fsp3) is 0.0492. The molecule has 0 radical (unpaired) electrons. The normalized spacial score (nSPS) is 13.4. The van der Waals surface area contributed by atoms with E-state index in [1.807, 2.05) is 11.3 Å². The average Bonchev–Trinajstić information content (AvgIpc) is 3.96. The Kier molecular flexibility index (Phi) is 7.12. The fourth-order valence-electron chi connectivity index (χ4n) is 11.4. The van der Waals surface area contributed by atoms with Crippen molar-refractivity contribution in [2.45, 2.75) is 19.3 Å². The highest BCUT2D eigenvalue weighted by atomic mass is 32.1. The molecule has 63 heavy (non-hydrogen) atoms. The summed E-state index contributed by atoms with van der Waals surface area (Å²) >= 11 is 1.89. The maximum absolute atomic E-state index is 2.53. The molecule has 0 unspecified atom stereocenters. The van der Waals surface area contributed by atoms with E-state index in [1.54, 1.807) is 0 Å². The van der Waals surface area contributed by atoms with Crippen molar-refractivity contribution < 1.29 is 0 Å². The highest BCUT2D eigenvalue weighted by Crippen LogP contribution is 2.50. The Bertz CT molecular complexity index is 4110. The van der Waals surface area contributed by atoms with Gasteiger partial charge in [-0.25, -0.2) is 0 Å². The summed E-state index contributed by atoms with van der Waals surface area (Å²) in [5.41, 5.74) is 14.2. The monoisotopic (exact) mass is 817 g/mol. The third-order valence-electron chi connectivity index (χ3n) is 14.3. The smallest absolute Gasteiger partial charge is 0.0626 e. The molecule has 14 rings (SSSR count). The number of benzene rings is 11. The first-order chi connectivity index (χ1) is 31.0. The number of fused-ring (bicyclic) bond motifs is 18. The van der Waals surface area contributed by atoms with Crippen LogP contribution in [0.4, 0.5) is 0 Å². The van der Waals surface area contributed by atoms with Crippen molar-refractivity contribution in [1.82, 2.24) is 4.57 Å². The Morgan fingerprint density at radius 3 is 1.65 bits per heavy atom. The standard InChI is InChI=1S/C61H39NS/c1-61(2)54-19-11-10-18-45(54)51-33-38(22-29-55(51)61)40-24-31-57-53(35-40)52-34-39(23-30-56(52)63-57)37-21-25-47-50(32-37)44-17-9-8-16-43(44)46-27-28-49-48-26-20-36-12-6-7-15-42(36)59(48)62(60(49)58(46)47)41-13-4-3-5-14-41/h3-35H,1-2H3. The SMILES string of the molecule is CC1(C)c2ccccc2-c2cc(-c3ccc4sc5ccc(-c6ccc7c(c6)c6ccccc6c6ccc8c9ccc%10ccccc%10c9n(-c9ccccc9)c8c67)cc5c4c3)ccc21. The van der Waals surface area contributed by atoms with Crippen molar-refractivity contribution in [1.29, 1.82) is 0 Å². The first kappa shape index (κ1) is 35.1. The van der Waals surface area contributed by atoms with Crippen LogP contribution in [0, 0.1) is 0 Å². The summed E-state index contributed by atoms with van der Waals surface area (Å²) in [5, 5.41) is 15.4. The third kappa shape index (κ3) is 4.87. The lowest BCUT2D eigenvalue weighted by Crippen LogP contribution is -2.14. The molecule has 0 aliphatic heterocycles. The van der Waals surface area contributed by atoms with Crippen LogP contribution in [0.1, 0.15) is 25.0 Å². The molecule has 0 saturated heterocycles. The first-order valence-electron chi connectivity index (χ1n) is 22.0. The summed E-state index contributed by atoms with van der Waals surface area (Å²) in [5.74, 6) is 0. The molecule has 0 N–H and O–H groups in total. The van der Waals surface area contributed by atoms with Crippen molar-refractivity contribution in [3.63, 3.8) is 0 Å². The lowest BCUT2D eigenvalue weighted by atomic mass is 9.82. The van der Waals surface area contributed by atoms with Crippen LogP contribution in [-0.4, -0.2) is 4.57 Å². The summed E-state index contributed by atoms with van der Waals surface area (Å²) in [6.45, 7) is 4.70. The van der Waals surface area contributed by atoms with Gasteiger partial charge in [-0.3, -0.25) is 0 Å². The molecule has 11 aromatic carbocycles. The molecule has 2 aromatic heterocycles. The van der Waals surface area contributed by atoms with Gasteiger partial charge in [-0.1, -0.05) is 166 Å². The molecule has 2 heterocycles. The van der Waals surface area contributed by atoms with E-state index in [0.717, 1.165) is 0 Å². The number of aromatic nitrogens is 1. The van der Waals surface area contributed by atoms with Gasteiger partial charge in [0.1, 0.15) is 0 Å². The van der Waals surface area contributed by atoms with E-state index in [9.17, 15) is 0 Å². The molecule has 0 saturated carbocycles. The van der Waals surface area contributed by atoms with E-state index in [4.69, 9.17) is 0 Å². The molecule has 1 aliphatic rings. The van der Waals surface area contributed by atoms with E-state index in [-0.39, 0.29) is 5.41 Å². The molecule has 0 fully saturated rings. The van der Waals surface area contributed by atoms with Crippen molar-refractivity contribution in [3.8, 4) is 39.1 Å². The van der Waals surface area contributed by atoms with Crippen molar-refractivity contribution in [3.05, 3.63) is 211 Å². The second kappa shape index (κ2) is 12.8. The molecule has 294 valence electrons. The van der Waals surface area contributed by atoms with Gasteiger partial charge in [-0.05, 0) is 125 Å². The number of hydrogen-bond donors (Lipinski definition) is 0. The van der Waals surface area contributed by atoms with Crippen molar-refractivity contribution in [2.24, 2.45) is 0 Å². The van der Waals surface area contributed by atoms with Crippen molar-refractivity contribution in [2.75, 3.05) is 0 Å². The number of thiophene rings is 1. The Labute approximate surface area is 368 Å². The average molecular weight is 818 g/mol. The zero-order valence-corrected chi connectivity index (χ0v) is 35.7. The predicted octanol–water partition coefficient (Wildman–Crippen LogP) is 17.4. The summed E-state index contributed by atoms with van der Waals surface area (Å²) in [4.78, 5) is 0. The zero-order chi connectivity index (χ0) is 41.6. The fourth-order valence-corrected chi connectivity index (χ4v) is 12.4. The highest BCUT2D eigenvalue weighted by molar-refractivity contribution is 7.25. The zero-order valence-electron chi connectivity index (χ0n) is 34.9. The van der Waals surface area contributed by atoms with Crippen LogP contribution in [0.25, 0.3) is 124 Å². The minimum absolute atomic E-state index is 0.000252. The van der Waals surface area contributed by atoms with Gasteiger partial charge in [0.15, 0.2) is 0 Å². The van der Waals surface area contributed by atoms with Gasteiger partial charge in [-0.15, -0.1) is 11.3 Å². The Morgan fingerprint density at radius 1 is 0.349 bits per heavy atom. The van der Waals surface area contributed by atoms with E-state index in [0.29, 0.717) is 0 Å². The van der Waals surface area contributed by atoms with Gasteiger partial charge in [0, 0.05) is 52.8 Å². The maximum Gasteiger partial charge on any atom is 0.0626 e. The van der Waals surface area contributed by atoms with Gasteiger partial charge < -0.3 is 4.57 Å². The lowest BCUT2D eigenvalue weighted by Gasteiger charge is -2.21. The molecule has 1 nitrogen and oxygen atoms in total. The molecular weight excluding hydrogens is 779 g/mol. The molecule has 0 atom stereocenters. The number of nitrogens with zero attached hydrogens (tertiary/aromatic N) is 1. The number of para-hydroxylation sites is 1. The summed E-state index contributed by atoms with van der Waals surface area (Å²) in [7, 11) is 0. The number of rotatable bonds is 3. The van der Waals surface area contributed by atoms with Crippen LogP contribution in [0.2, 0.25) is 0 Å². The van der Waals surface area contributed by atoms with E-state index < -0.39 is 0 Å². The Morgan fingerprint density at radius 2 is 0.873 bits per heavy atom. The van der Waals surface area contributed by atoms with Crippen LogP contribution >= 0.6 is 11.3 Å². The minimum atomic E-state index is 0.000252. The molecule has 1 aliphatic carbocycles. The number of hydrogen-bond acceptors (Lipinski definition) is 1. The largest absolute Gasteiger partial charge is 0.308 e. The summed E-state index contributed by atoms with van der Waals surface area (Å²) < 4.78 is 5.17. The van der Waals surface area contributed by atoms with Gasteiger partial charge >= 0.3 is 0 Å². The molecule has 2 heteroatoms. The van der Waals surface area contributed by atoms with E-state index >= 15 is 0 Å². The lowest BCUT2D eigenvalue weighted by molar-refractivity contribution is 0.660. The van der Waals surface area contributed by atoms with Crippen LogP contribution in [0.3, 0.4) is 0 Å². The summed E-state index contributed by atoms with van der Waals surface area (Å²) in [6.07, 6.45) is 0. The van der Waals surface area contributed by atoms with Crippen LogP contribution in [-0.2, 0) is 5.41 Å². The Hall–Kier alpha value is -7.52. The van der Waals surface area contributed by atoms with Gasteiger partial charge in [0.25, 0.3) is 0 Å². The van der Waals surface area contributed by atoms with E-state index in [2.05, 4.69) is 219 Å². The van der Waals surface area contributed by atoms with Crippen LogP contribution < -0.4 is 0 Å². The second-order valence-corrected chi connectivity index (χ2v) is 19.1. The minimum Gasteiger partial charge on any atom is -0.308 e.